The van der Waals surface area contributed by atoms with Crippen LogP contribution in [0.5, 0.6) is 0 Å². The molecule has 0 aliphatic rings. The molecule has 11 heavy (non-hydrogen) atoms. The van der Waals surface area contributed by atoms with E-state index in [1.807, 2.05) is 0 Å². The number of hydrogen-bond acceptors (Lipinski definition) is 2. The van der Waals surface area contributed by atoms with Gasteiger partial charge in [0.25, 0.3) is 0 Å². The largest absolute Gasteiger partial charge is 0.253 e. The van der Waals surface area contributed by atoms with Crippen LogP contribution in [0.15, 0.2) is 24.5 Å². The quantitative estimate of drug-likeness (QED) is 0.565. The van der Waals surface area contributed by atoms with E-state index in [-0.39, 0.29) is 0 Å². The first kappa shape index (κ1) is 6.22. The summed E-state index contributed by atoms with van der Waals surface area (Å²) in [5, 5.41) is 0. The standard InChI is InChI=1S/C8H4FN2/c9-6-1-2-7-8(5-6)11-4-3-10-7/h2-5H. The van der Waals surface area contributed by atoms with Gasteiger partial charge in [0.1, 0.15) is 5.82 Å². The van der Waals surface area contributed by atoms with E-state index >= 15 is 0 Å². The first-order chi connectivity index (χ1) is 5.36. The van der Waals surface area contributed by atoms with Crippen LogP contribution in [-0.4, -0.2) is 9.97 Å². The van der Waals surface area contributed by atoms with Crippen molar-refractivity contribution in [2.45, 2.75) is 0 Å². The Labute approximate surface area is 62.7 Å². The molecule has 0 atom stereocenters. The minimum atomic E-state index is -0.405. The zero-order valence-electron chi connectivity index (χ0n) is 5.58. The summed E-state index contributed by atoms with van der Waals surface area (Å²) < 4.78 is 12.5. The van der Waals surface area contributed by atoms with E-state index in [9.17, 15) is 4.39 Å². The van der Waals surface area contributed by atoms with Crippen molar-refractivity contribution in [1.82, 2.24) is 9.97 Å². The second kappa shape index (κ2) is 2.27. The van der Waals surface area contributed by atoms with Crippen LogP contribution < -0.4 is 0 Å². The molecule has 0 aliphatic carbocycles. The van der Waals surface area contributed by atoms with Gasteiger partial charge in [-0.05, 0) is 6.07 Å². The smallest absolute Gasteiger partial charge is 0.133 e. The lowest BCUT2D eigenvalue weighted by atomic mass is 10.3. The monoisotopic (exact) mass is 147 g/mol. The van der Waals surface area contributed by atoms with Crippen LogP contribution >= 0.6 is 0 Å². The Hall–Kier alpha value is -1.51. The highest BCUT2D eigenvalue weighted by atomic mass is 19.1. The van der Waals surface area contributed by atoms with Gasteiger partial charge in [-0.2, -0.15) is 0 Å². The molecule has 2 rings (SSSR count). The van der Waals surface area contributed by atoms with Crippen molar-refractivity contribution in [3.8, 4) is 0 Å². The molecule has 53 valence electrons. The molecule has 0 spiro atoms. The third-order valence-electron chi connectivity index (χ3n) is 1.37. The van der Waals surface area contributed by atoms with Crippen molar-refractivity contribution in [2.75, 3.05) is 0 Å². The first-order valence-electron chi connectivity index (χ1n) is 3.14. The predicted octanol–water partition coefficient (Wildman–Crippen LogP) is 1.57. The zero-order valence-corrected chi connectivity index (χ0v) is 5.58. The van der Waals surface area contributed by atoms with Crippen LogP contribution in [0.2, 0.25) is 0 Å². The molecule has 0 amide bonds. The van der Waals surface area contributed by atoms with Crippen LogP contribution in [0.25, 0.3) is 11.0 Å². The number of aromatic nitrogens is 2. The molecule has 2 nitrogen and oxygen atoms in total. The fourth-order valence-corrected chi connectivity index (χ4v) is 0.881. The Morgan fingerprint density at radius 3 is 2.73 bits per heavy atom. The molecule has 1 aromatic carbocycles. The van der Waals surface area contributed by atoms with E-state index in [1.165, 1.54) is 18.3 Å². The number of halogens is 1. The fraction of sp³-hybridized carbons (Fsp3) is 0. The number of nitrogens with zero attached hydrogens (tertiary/aromatic N) is 2. The summed E-state index contributed by atoms with van der Waals surface area (Å²) in [5.74, 6) is -0.405. The van der Waals surface area contributed by atoms with Crippen LogP contribution in [-0.2, 0) is 0 Å². The Balaban J connectivity index is 2.83. The van der Waals surface area contributed by atoms with E-state index < -0.39 is 5.82 Å². The molecular formula is C8H4FN2. The van der Waals surface area contributed by atoms with Gasteiger partial charge in [0.15, 0.2) is 0 Å². The van der Waals surface area contributed by atoms with Gasteiger partial charge in [-0.1, -0.05) is 0 Å². The molecule has 2 aromatic rings. The van der Waals surface area contributed by atoms with Gasteiger partial charge >= 0.3 is 0 Å². The van der Waals surface area contributed by atoms with E-state index in [0.29, 0.717) is 11.0 Å². The summed E-state index contributed by atoms with van der Waals surface area (Å²) in [5.41, 5.74) is 1.22. The Morgan fingerprint density at radius 1 is 1.18 bits per heavy atom. The van der Waals surface area contributed by atoms with Crippen LogP contribution in [0.1, 0.15) is 0 Å². The van der Waals surface area contributed by atoms with Gasteiger partial charge in [-0.3, -0.25) is 9.97 Å². The van der Waals surface area contributed by atoms with Crippen molar-refractivity contribution in [3.63, 3.8) is 0 Å². The number of rotatable bonds is 0. The summed E-state index contributed by atoms with van der Waals surface area (Å²) in [6, 6.07) is 5.20. The molecule has 0 N–H and O–H groups in total. The van der Waals surface area contributed by atoms with Crippen molar-refractivity contribution in [2.24, 2.45) is 0 Å². The lowest BCUT2D eigenvalue weighted by Gasteiger charge is -1.92. The molecule has 0 saturated heterocycles. The van der Waals surface area contributed by atoms with E-state index in [4.69, 9.17) is 0 Å². The van der Waals surface area contributed by atoms with Gasteiger partial charge < -0.3 is 0 Å². The van der Waals surface area contributed by atoms with E-state index in [2.05, 4.69) is 16.0 Å². The predicted molar refractivity (Wildman–Crippen MR) is 38.3 cm³/mol. The molecular weight excluding hydrogens is 143 g/mol. The number of benzene rings is 1. The van der Waals surface area contributed by atoms with Crippen molar-refractivity contribution in [1.29, 1.82) is 0 Å². The molecule has 1 radical (unpaired) electrons. The summed E-state index contributed by atoms with van der Waals surface area (Å²) in [6.45, 7) is 0. The van der Waals surface area contributed by atoms with Crippen LogP contribution in [0, 0.1) is 11.9 Å². The average molecular weight is 147 g/mol. The molecule has 0 bridgehead atoms. The normalized spacial score (nSPS) is 10.3. The number of hydrogen-bond donors (Lipinski definition) is 0. The highest BCUT2D eigenvalue weighted by Crippen LogP contribution is 2.07. The maximum atomic E-state index is 12.5. The second-order valence-corrected chi connectivity index (χ2v) is 2.11. The zero-order chi connectivity index (χ0) is 7.68. The molecule has 0 fully saturated rings. The minimum absolute atomic E-state index is 0.405. The number of fused-ring (bicyclic) bond motifs is 1. The van der Waals surface area contributed by atoms with Crippen molar-refractivity contribution in [3.05, 3.63) is 36.4 Å². The Bertz CT molecular complexity index is 387. The summed E-state index contributed by atoms with van der Waals surface area (Å²) in [7, 11) is 0. The fourth-order valence-electron chi connectivity index (χ4n) is 0.881. The third-order valence-corrected chi connectivity index (χ3v) is 1.37. The van der Waals surface area contributed by atoms with Crippen molar-refractivity contribution >= 4 is 11.0 Å². The first-order valence-corrected chi connectivity index (χ1v) is 3.14. The van der Waals surface area contributed by atoms with Gasteiger partial charge in [0, 0.05) is 24.5 Å². The van der Waals surface area contributed by atoms with Crippen LogP contribution in [0.4, 0.5) is 4.39 Å². The highest BCUT2D eigenvalue weighted by Gasteiger charge is 1.95. The summed E-state index contributed by atoms with van der Waals surface area (Å²) >= 11 is 0. The highest BCUT2D eigenvalue weighted by molar-refractivity contribution is 5.73. The molecule has 1 heterocycles. The Morgan fingerprint density at radius 2 is 1.91 bits per heavy atom. The summed E-state index contributed by atoms with van der Waals surface area (Å²) in [4.78, 5) is 7.88. The lowest BCUT2D eigenvalue weighted by Crippen LogP contribution is -1.82. The minimum Gasteiger partial charge on any atom is -0.253 e. The topological polar surface area (TPSA) is 25.8 Å². The van der Waals surface area contributed by atoms with Crippen molar-refractivity contribution < 1.29 is 4.39 Å². The van der Waals surface area contributed by atoms with Gasteiger partial charge in [0.05, 0.1) is 11.0 Å². The molecule has 0 unspecified atom stereocenters. The maximum Gasteiger partial charge on any atom is 0.133 e. The molecule has 0 saturated carbocycles. The van der Waals surface area contributed by atoms with E-state index in [0.717, 1.165) is 0 Å². The van der Waals surface area contributed by atoms with Gasteiger partial charge in [-0.25, -0.2) is 4.39 Å². The lowest BCUT2D eigenvalue weighted by molar-refractivity contribution is 0.627. The third kappa shape index (κ3) is 1.05. The molecule has 0 aliphatic heterocycles. The van der Waals surface area contributed by atoms with Crippen LogP contribution in [0.3, 0.4) is 0 Å². The second-order valence-electron chi connectivity index (χ2n) is 2.11. The SMILES string of the molecule is Fc1[c]cc2nccnc2c1. The Kier molecular flexibility index (Phi) is 1.28. The maximum absolute atomic E-state index is 12.5. The van der Waals surface area contributed by atoms with E-state index in [1.54, 1.807) is 6.20 Å². The van der Waals surface area contributed by atoms with Gasteiger partial charge in [-0.15, -0.1) is 0 Å². The summed E-state index contributed by atoms with van der Waals surface area (Å²) in [6.07, 6.45) is 3.09. The molecule has 1 aromatic heterocycles. The average Bonchev–Trinajstić information content (AvgIpc) is 2.04. The molecule has 3 heteroatoms. The van der Waals surface area contributed by atoms with Gasteiger partial charge in [0.2, 0.25) is 0 Å².